The zero-order valence-corrected chi connectivity index (χ0v) is 9.92. The van der Waals surface area contributed by atoms with E-state index in [2.05, 4.69) is 42.2 Å². The van der Waals surface area contributed by atoms with E-state index in [0.29, 0.717) is 0 Å². The Kier molecular flexibility index (Phi) is 3.55. The molecule has 1 aliphatic rings. The van der Waals surface area contributed by atoms with Gasteiger partial charge in [0.15, 0.2) is 0 Å². The summed E-state index contributed by atoms with van der Waals surface area (Å²) in [5.74, 6) is 1.08. The second kappa shape index (κ2) is 4.28. The second-order valence-electron chi connectivity index (χ2n) is 3.93. The predicted octanol–water partition coefficient (Wildman–Crippen LogP) is 3.63. The number of allylic oxidation sites excluding steroid dienone is 3. The van der Waals surface area contributed by atoms with Crippen LogP contribution in [0, 0.1) is 0 Å². The van der Waals surface area contributed by atoms with E-state index in [9.17, 15) is 0 Å². The van der Waals surface area contributed by atoms with E-state index in [4.69, 9.17) is 4.74 Å². The van der Waals surface area contributed by atoms with E-state index in [1.54, 1.807) is 0 Å². The average Bonchev–Trinajstić information content (AvgIpc) is 2.02. The van der Waals surface area contributed by atoms with Crippen LogP contribution in [0.3, 0.4) is 0 Å². The molecule has 0 saturated heterocycles. The van der Waals surface area contributed by atoms with Gasteiger partial charge in [0.25, 0.3) is 0 Å². The third-order valence-electron chi connectivity index (χ3n) is 1.96. The molecule has 0 heterocycles. The van der Waals surface area contributed by atoms with Crippen LogP contribution in [0.15, 0.2) is 23.5 Å². The molecule has 1 atom stereocenters. The number of hydrogen-bond donors (Lipinski definition) is 0. The summed E-state index contributed by atoms with van der Waals surface area (Å²) < 4.78 is 5.84. The molecule has 0 fully saturated rings. The molecule has 0 aromatic carbocycles. The lowest BCUT2D eigenvalue weighted by Gasteiger charge is -2.26. The van der Waals surface area contributed by atoms with Gasteiger partial charge in [-0.1, -0.05) is 22.2 Å². The molecular weight excluding hydrogens is 179 g/mol. The minimum atomic E-state index is -0.155. The molecule has 0 aromatic heterocycles. The Labute approximate surface area is 83.4 Å². The van der Waals surface area contributed by atoms with Gasteiger partial charge in [0.1, 0.15) is 11.1 Å². The maximum atomic E-state index is 5.84. The summed E-state index contributed by atoms with van der Waals surface area (Å²) in [7, 11) is 2.71. The highest BCUT2D eigenvalue weighted by Gasteiger charge is 2.16. The van der Waals surface area contributed by atoms with E-state index in [0.717, 1.165) is 25.0 Å². The lowest BCUT2D eigenvalue weighted by Crippen LogP contribution is -2.16. The Bertz CT molecular complexity index is 233. The molecule has 0 amide bonds. The second-order valence-corrected chi connectivity index (χ2v) is 5.32. The first-order chi connectivity index (χ1) is 6.03. The third kappa shape index (κ3) is 3.52. The zero-order chi connectivity index (χ0) is 9.90. The summed E-state index contributed by atoms with van der Waals surface area (Å²) in [4.78, 5) is 0. The number of rotatable bonds is 3. The van der Waals surface area contributed by atoms with Gasteiger partial charge >= 0.3 is 0 Å². The van der Waals surface area contributed by atoms with Crippen LogP contribution in [0.25, 0.3) is 0 Å². The van der Waals surface area contributed by atoms with Crippen LogP contribution in [0.2, 0.25) is 0 Å². The molecule has 13 heavy (non-hydrogen) atoms. The fourth-order valence-corrected chi connectivity index (χ4v) is 1.54. The standard InChI is InChI=1S/C11H19OP/c1-4-9-7-5-6-8-10(9)12-11(2,3)13/h7-8H,4-6,13H2,1-3H3. The van der Waals surface area contributed by atoms with Crippen molar-refractivity contribution in [2.45, 2.75) is 45.4 Å². The lowest BCUT2D eigenvalue weighted by atomic mass is 10.0. The van der Waals surface area contributed by atoms with Crippen LogP contribution in [0.5, 0.6) is 0 Å². The van der Waals surface area contributed by atoms with E-state index in [1.807, 2.05) is 0 Å². The first-order valence-electron chi connectivity index (χ1n) is 4.90. The van der Waals surface area contributed by atoms with Crippen molar-refractivity contribution in [3.8, 4) is 0 Å². The van der Waals surface area contributed by atoms with Crippen LogP contribution in [0.4, 0.5) is 0 Å². The average molecular weight is 198 g/mol. The fraction of sp³-hybridized carbons (Fsp3) is 0.636. The van der Waals surface area contributed by atoms with Crippen molar-refractivity contribution < 1.29 is 4.74 Å². The molecule has 1 nitrogen and oxygen atoms in total. The minimum absolute atomic E-state index is 0.155. The van der Waals surface area contributed by atoms with Gasteiger partial charge in [0.2, 0.25) is 0 Å². The molecule has 1 aliphatic carbocycles. The van der Waals surface area contributed by atoms with Crippen molar-refractivity contribution >= 4 is 9.24 Å². The Hall–Kier alpha value is -0.290. The Morgan fingerprint density at radius 2 is 2.00 bits per heavy atom. The molecular formula is C11H19OP. The first-order valence-corrected chi connectivity index (χ1v) is 5.48. The van der Waals surface area contributed by atoms with Crippen molar-refractivity contribution in [1.29, 1.82) is 0 Å². The van der Waals surface area contributed by atoms with Gasteiger partial charge in [-0.2, -0.15) is 0 Å². The first kappa shape index (κ1) is 10.8. The number of hydrogen-bond acceptors (Lipinski definition) is 1. The topological polar surface area (TPSA) is 9.23 Å². The smallest absolute Gasteiger partial charge is 0.119 e. The Balaban J connectivity index is 2.68. The molecule has 0 radical (unpaired) electrons. The van der Waals surface area contributed by atoms with Crippen molar-refractivity contribution in [2.75, 3.05) is 0 Å². The van der Waals surface area contributed by atoms with Crippen LogP contribution in [-0.4, -0.2) is 5.34 Å². The van der Waals surface area contributed by atoms with E-state index in [1.165, 1.54) is 5.57 Å². The minimum Gasteiger partial charge on any atom is -0.484 e. The van der Waals surface area contributed by atoms with Gasteiger partial charge in [0.05, 0.1) is 0 Å². The van der Waals surface area contributed by atoms with Crippen LogP contribution in [-0.2, 0) is 4.74 Å². The van der Waals surface area contributed by atoms with Gasteiger partial charge < -0.3 is 4.74 Å². The van der Waals surface area contributed by atoms with Crippen LogP contribution in [0.1, 0.15) is 40.0 Å². The molecule has 0 bridgehead atoms. The molecule has 0 aromatic rings. The summed E-state index contributed by atoms with van der Waals surface area (Å²) in [5.41, 5.74) is 1.35. The molecule has 0 spiro atoms. The molecule has 1 rings (SSSR count). The van der Waals surface area contributed by atoms with Gasteiger partial charge in [-0.3, -0.25) is 0 Å². The zero-order valence-electron chi connectivity index (χ0n) is 8.76. The van der Waals surface area contributed by atoms with Crippen LogP contribution < -0.4 is 0 Å². The molecule has 1 unspecified atom stereocenters. The normalized spacial score (nSPS) is 17.8. The van der Waals surface area contributed by atoms with Gasteiger partial charge in [0, 0.05) is 0 Å². The van der Waals surface area contributed by atoms with Crippen LogP contribution >= 0.6 is 9.24 Å². The third-order valence-corrected chi connectivity index (χ3v) is 2.08. The number of ether oxygens (including phenoxy) is 1. The van der Waals surface area contributed by atoms with Gasteiger partial charge in [-0.15, -0.1) is 0 Å². The summed E-state index contributed by atoms with van der Waals surface area (Å²) in [6, 6.07) is 0. The van der Waals surface area contributed by atoms with Crippen molar-refractivity contribution in [2.24, 2.45) is 0 Å². The molecule has 0 aliphatic heterocycles. The van der Waals surface area contributed by atoms with E-state index < -0.39 is 0 Å². The van der Waals surface area contributed by atoms with Gasteiger partial charge in [-0.25, -0.2) is 0 Å². The van der Waals surface area contributed by atoms with Crippen molar-refractivity contribution in [3.63, 3.8) is 0 Å². The van der Waals surface area contributed by atoms with E-state index in [-0.39, 0.29) is 5.34 Å². The Morgan fingerprint density at radius 3 is 2.54 bits per heavy atom. The summed E-state index contributed by atoms with van der Waals surface area (Å²) in [5, 5.41) is -0.155. The fourth-order valence-electron chi connectivity index (χ4n) is 1.41. The molecule has 0 saturated carbocycles. The molecule has 0 N–H and O–H groups in total. The lowest BCUT2D eigenvalue weighted by molar-refractivity contribution is 0.119. The predicted molar refractivity (Wildman–Crippen MR) is 60.6 cm³/mol. The SMILES string of the molecule is CCC1=CCCC=C1OC(C)(C)P. The Morgan fingerprint density at radius 1 is 1.38 bits per heavy atom. The summed E-state index contributed by atoms with van der Waals surface area (Å²) >= 11 is 0. The quantitative estimate of drug-likeness (QED) is 0.629. The highest BCUT2D eigenvalue weighted by molar-refractivity contribution is 7.18. The maximum Gasteiger partial charge on any atom is 0.119 e. The summed E-state index contributed by atoms with van der Waals surface area (Å²) in [6.45, 7) is 6.28. The monoisotopic (exact) mass is 198 g/mol. The molecule has 2 heteroatoms. The summed E-state index contributed by atoms with van der Waals surface area (Å²) in [6.07, 6.45) is 7.82. The largest absolute Gasteiger partial charge is 0.484 e. The molecule has 74 valence electrons. The van der Waals surface area contributed by atoms with Gasteiger partial charge in [-0.05, 0) is 44.8 Å². The highest BCUT2D eigenvalue weighted by atomic mass is 31.0. The van der Waals surface area contributed by atoms with Crippen molar-refractivity contribution in [3.05, 3.63) is 23.5 Å². The maximum absolute atomic E-state index is 5.84. The van der Waals surface area contributed by atoms with E-state index >= 15 is 0 Å². The highest BCUT2D eigenvalue weighted by Crippen LogP contribution is 2.29. The van der Waals surface area contributed by atoms with Crippen molar-refractivity contribution in [1.82, 2.24) is 0 Å².